The molecule has 2 aromatic carbocycles. The molecule has 0 N–H and O–H groups in total. The van der Waals surface area contributed by atoms with E-state index in [0.717, 1.165) is 11.1 Å². The van der Waals surface area contributed by atoms with Gasteiger partial charge in [0, 0.05) is 10.6 Å². The van der Waals surface area contributed by atoms with Crippen LogP contribution in [0, 0.1) is 5.82 Å². The van der Waals surface area contributed by atoms with Crippen molar-refractivity contribution < 1.29 is 9.13 Å². The van der Waals surface area contributed by atoms with Gasteiger partial charge in [0.05, 0.1) is 12.5 Å². The number of hydrogen-bond donors (Lipinski definition) is 0. The Morgan fingerprint density at radius 3 is 2.68 bits per heavy atom. The van der Waals surface area contributed by atoms with Crippen LogP contribution in [0.25, 0.3) is 0 Å². The number of hydrogen-bond acceptors (Lipinski definition) is 1. The van der Waals surface area contributed by atoms with Crippen LogP contribution in [0.4, 0.5) is 4.39 Å². The molecule has 0 aromatic heterocycles. The maximum Gasteiger partial charge on any atom is 0.123 e. The fourth-order valence-corrected chi connectivity index (χ4v) is 2.46. The summed E-state index contributed by atoms with van der Waals surface area (Å²) in [5.74, 6) is 0.417. The van der Waals surface area contributed by atoms with Gasteiger partial charge in [0.15, 0.2) is 0 Å². The molecule has 2 aromatic rings. The Hall–Kier alpha value is -1.25. The molecule has 0 heterocycles. The van der Waals surface area contributed by atoms with E-state index >= 15 is 0 Å². The monoisotopic (exact) mass is 298 g/mol. The molecule has 0 aliphatic carbocycles. The van der Waals surface area contributed by atoms with Crippen molar-refractivity contribution in [3.63, 3.8) is 0 Å². The first-order chi connectivity index (χ1) is 9.10. The smallest absolute Gasteiger partial charge is 0.123 e. The molecule has 0 aliphatic heterocycles. The summed E-state index contributed by atoms with van der Waals surface area (Å²) >= 11 is 12.4. The number of halogens is 3. The summed E-state index contributed by atoms with van der Waals surface area (Å²) in [5, 5.41) is 0.274. The van der Waals surface area contributed by atoms with Crippen LogP contribution in [0.2, 0.25) is 5.02 Å². The highest BCUT2D eigenvalue weighted by molar-refractivity contribution is 6.31. The molecule has 100 valence electrons. The quantitative estimate of drug-likeness (QED) is 0.721. The van der Waals surface area contributed by atoms with Gasteiger partial charge in [-0.2, -0.15) is 0 Å². The molecule has 1 atom stereocenters. The Kier molecular flexibility index (Phi) is 4.67. The van der Waals surface area contributed by atoms with Crippen molar-refractivity contribution in [2.75, 3.05) is 7.11 Å². The van der Waals surface area contributed by atoms with Crippen LogP contribution in [0.15, 0.2) is 42.5 Å². The number of methoxy groups -OCH3 is 1. The van der Waals surface area contributed by atoms with E-state index in [1.807, 2.05) is 6.07 Å². The Morgan fingerprint density at radius 1 is 1.21 bits per heavy atom. The molecule has 0 radical (unpaired) electrons. The van der Waals surface area contributed by atoms with E-state index < -0.39 is 0 Å². The average molecular weight is 299 g/mol. The minimum Gasteiger partial charge on any atom is -0.496 e. The first kappa shape index (κ1) is 14.2. The Labute approximate surface area is 121 Å². The number of ether oxygens (including phenoxy) is 1. The molecule has 0 spiro atoms. The van der Waals surface area contributed by atoms with E-state index in [2.05, 4.69) is 0 Å². The summed E-state index contributed by atoms with van der Waals surface area (Å²) in [6, 6.07) is 11.7. The number of alkyl halides is 1. The first-order valence-corrected chi connectivity index (χ1v) is 6.63. The second-order valence-corrected chi connectivity index (χ2v) is 5.15. The van der Waals surface area contributed by atoms with Crippen LogP contribution < -0.4 is 4.74 Å². The SMILES string of the molecule is COc1ccc(Cl)cc1C(Cl)Cc1cccc(F)c1. The van der Waals surface area contributed by atoms with Crippen molar-refractivity contribution in [1.82, 2.24) is 0 Å². The molecule has 0 bridgehead atoms. The van der Waals surface area contributed by atoms with Gasteiger partial charge in [-0.15, -0.1) is 11.6 Å². The van der Waals surface area contributed by atoms with Crippen LogP contribution in [-0.2, 0) is 6.42 Å². The largest absolute Gasteiger partial charge is 0.496 e. The van der Waals surface area contributed by atoms with Crippen LogP contribution in [-0.4, -0.2) is 7.11 Å². The lowest BCUT2D eigenvalue weighted by Crippen LogP contribution is -1.99. The van der Waals surface area contributed by atoms with Crippen molar-refractivity contribution in [2.45, 2.75) is 11.8 Å². The third-order valence-electron chi connectivity index (χ3n) is 2.83. The van der Waals surface area contributed by atoms with Gasteiger partial charge in [0.1, 0.15) is 11.6 Å². The molecule has 2 rings (SSSR count). The topological polar surface area (TPSA) is 9.23 Å². The zero-order valence-corrected chi connectivity index (χ0v) is 11.9. The Bertz CT molecular complexity index is 572. The van der Waals surface area contributed by atoms with Crippen LogP contribution in [0.3, 0.4) is 0 Å². The standard InChI is InChI=1S/C15H13Cl2FO/c1-19-15-6-5-11(16)9-13(15)14(17)8-10-3-2-4-12(18)7-10/h2-7,9,14H,8H2,1H3. The van der Waals surface area contributed by atoms with Gasteiger partial charge in [0.25, 0.3) is 0 Å². The molecule has 19 heavy (non-hydrogen) atoms. The molecular formula is C15H13Cl2FO. The minimum absolute atomic E-state index is 0.264. The van der Waals surface area contributed by atoms with E-state index in [0.29, 0.717) is 17.2 Å². The van der Waals surface area contributed by atoms with E-state index in [1.165, 1.54) is 12.1 Å². The Morgan fingerprint density at radius 2 is 2.00 bits per heavy atom. The van der Waals surface area contributed by atoms with Crippen molar-refractivity contribution >= 4 is 23.2 Å². The highest BCUT2D eigenvalue weighted by Crippen LogP contribution is 2.34. The predicted octanol–water partition coefficient (Wildman–Crippen LogP) is 5.01. The van der Waals surface area contributed by atoms with E-state index in [-0.39, 0.29) is 11.2 Å². The van der Waals surface area contributed by atoms with Gasteiger partial charge in [0.2, 0.25) is 0 Å². The fourth-order valence-electron chi connectivity index (χ4n) is 1.93. The van der Waals surface area contributed by atoms with Gasteiger partial charge in [-0.05, 0) is 42.3 Å². The van der Waals surface area contributed by atoms with Gasteiger partial charge in [-0.1, -0.05) is 23.7 Å². The van der Waals surface area contributed by atoms with Gasteiger partial charge in [-0.25, -0.2) is 4.39 Å². The van der Waals surface area contributed by atoms with E-state index in [1.54, 1.807) is 31.4 Å². The lowest BCUT2D eigenvalue weighted by molar-refractivity contribution is 0.409. The van der Waals surface area contributed by atoms with Crippen molar-refractivity contribution in [1.29, 1.82) is 0 Å². The number of benzene rings is 2. The molecular weight excluding hydrogens is 286 g/mol. The van der Waals surface area contributed by atoms with Crippen LogP contribution in [0.1, 0.15) is 16.5 Å². The fraction of sp³-hybridized carbons (Fsp3) is 0.200. The third kappa shape index (κ3) is 3.62. The normalized spacial score (nSPS) is 12.2. The minimum atomic E-state index is -0.324. The van der Waals surface area contributed by atoms with Gasteiger partial charge in [-0.3, -0.25) is 0 Å². The molecule has 0 aliphatic rings. The highest BCUT2D eigenvalue weighted by atomic mass is 35.5. The van der Waals surface area contributed by atoms with Gasteiger partial charge < -0.3 is 4.74 Å². The maximum atomic E-state index is 13.1. The Balaban J connectivity index is 2.24. The maximum absolute atomic E-state index is 13.1. The molecule has 0 amide bonds. The summed E-state index contributed by atoms with van der Waals surface area (Å²) in [4.78, 5) is 0. The first-order valence-electron chi connectivity index (χ1n) is 5.82. The number of rotatable bonds is 4. The summed E-state index contributed by atoms with van der Waals surface area (Å²) in [6.07, 6.45) is 0.510. The summed E-state index contributed by atoms with van der Waals surface area (Å²) in [7, 11) is 1.58. The van der Waals surface area contributed by atoms with Crippen LogP contribution >= 0.6 is 23.2 Å². The molecule has 1 nitrogen and oxygen atoms in total. The van der Waals surface area contributed by atoms with E-state index in [9.17, 15) is 4.39 Å². The van der Waals surface area contributed by atoms with Gasteiger partial charge >= 0.3 is 0 Å². The second-order valence-electron chi connectivity index (χ2n) is 4.19. The average Bonchev–Trinajstić information content (AvgIpc) is 2.38. The zero-order valence-electron chi connectivity index (χ0n) is 10.4. The third-order valence-corrected chi connectivity index (χ3v) is 3.46. The van der Waals surface area contributed by atoms with Crippen molar-refractivity contribution in [2.24, 2.45) is 0 Å². The second kappa shape index (κ2) is 6.27. The van der Waals surface area contributed by atoms with Crippen LogP contribution in [0.5, 0.6) is 5.75 Å². The molecule has 0 saturated carbocycles. The van der Waals surface area contributed by atoms with Crippen molar-refractivity contribution in [3.05, 3.63) is 64.4 Å². The molecule has 4 heteroatoms. The summed E-state index contributed by atoms with van der Waals surface area (Å²) in [6.45, 7) is 0. The zero-order chi connectivity index (χ0) is 13.8. The van der Waals surface area contributed by atoms with Crippen molar-refractivity contribution in [3.8, 4) is 5.75 Å². The summed E-state index contributed by atoms with van der Waals surface area (Å²) in [5.41, 5.74) is 1.64. The lowest BCUT2D eigenvalue weighted by Gasteiger charge is -2.14. The van der Waals surface area contributed by atoms with E-state index in [4.69, 9.17) is 27.9 Å². The predicted molar refractivity (Wildman–Crippen MR) is 76.7 cm³/mol. The summed E-state index contributed by atoms with van der Waals surface area (Å²) < 4.78 is 18.4. The molecule has 1 unspecified atom stereocenters. The lowest BCUT2D eigenvalue weighted by atomic mass is 10.0. The molecule has 0 fully saturated rings. The highest BCUT2D eigenvalue weighted by Gasteiger charge is 2.15. The molecule has 0 saturated heterocycles.